The average Bonchev–Trinajstić information content (AvgIpc) is 3.33. The summed E-state index contributed by atoms with van der Waals surface area (Å²) >= 11 is 7.67. The van der Waals surface area contributed by atoms with Crippen LogP contribution in [0.4, 0.5) is 0 Å². The van der Waals surface area contributed by atoms with Crippen LogP contribution in [-0.2, 0) is 12.0 Å². The SMILES string of the molecule is COc1ccc(Cl)cc1C(=O)/N=c1\sc(C(C)(C)C)c(C)n1CC1CC1. The van der Waals surface area contributed by atoms with E-state index < -0.39 is 0 Å². The summed E-state index contributed by atoms with van der Waals surface area (Å²) < 4.78 is 7.51. The first-order chi connectivity index (χ1) is 12.2. The van der Waals surface area contributed by atoms with Crippen LogP contribution in [0.5, 0.6) is 5.75 Å². The Hall–Kier alpha value is -1.59. The second kappa shape index (κ2) is 7.20. The summed E-state index contributed by atoms with van der Waals surface area (Å²) in [5, 5.41) is 0.493. The second-order valence-electron chi connectivity index (χ2n) is 7.86. The zero-order chi connectivity index (χ0) is 19.1. The van der Waals surface area contributed by atoms with Crippen LogP contribution in [0.2, 0.25) is 5.02 Å². The van der Waals surface area contributed by atoms with E-state index in [-0.39, 0.29) is 11.3 Å². The van der Waals surface area contributed by atoms with Gasteiger partial charge in [-0.1, -0.05) is 32.4 Å². The number of methoxy groups -OCH3 is 1. The van der Waals surface area contributed by atoms with Gasteiger partial charge >= 0.3 is 0 Å². The summed E-state index contributed by atoms with van der Waals surface area (Å²) in [6, 6.07) is 5.02. The highest BCUT2D eigenvalue weighted by atomic mass is 35.5. The molecular weight excluding hydrogens is 368 g/mol. The van der Waals surface area contributed by atoms with Crippen LogP contribution in [0.15, 0.2) is 23.2 Å². The Morgan fingerprint density at radius 1 is 1.38 bits per heavy atom. The molecular formula is C20H25ClN2O2S. The predicted octanol–water partition coefficient (Wildman–Crippen LogP) is 4.97. The van der Waals surface area contributed by atoms with Gasteiger partial charge in [0, 0.05) is 22.1 Å². The topological polar surface area (TPSA) is 43.6 Å². The number of halogens is 1. The molecule has 0 atom stereocenters. The molecule has 0 aliphatic heterocycles. The molecule has 1 heterocycles. The maximum Gasteiger partial charge on any atom is 0.283 e. The number of thiazole rings is 1. The minimum Gasteiger partial charge on any atom is -0.496 e. The summed E-state index contributed by atoms with van der Waals surface area (Å²) in [7, 11) is 1.54. The van der Waals surface area contributed by atoms with Crippen molar-refractivity contribution < 1.29 is 9.53 Å². The molecule has 3 rings (SSSR count). The van der Waals surface area contributed by atoms with Crippen LogP contribution < -0.4 is 9.54 Å². The normalized spacial score (nSPS) is 15.4. The Kier molecular flexibility index (Phi) is 5.31. The van der Waals surface area contributed by atoms with Crippen LogP contribution in [0.1, 0.15) is 54.5 Å². The van der Waals surface area contributed by atoms with Crippen LogP contribution in [-0.4, -0.2) is 17.6 Å². The van der Waals surface area contributed by atoms with Gasteiger partial charge in [0.05, 0.1) is 12.7 Å². The number of hydrogen-bond acceptors (Lipinski definition) is 3. The molecule has 1 aliphatic rings. The fourth-order valence-electron chi connectivity index (χ4n) is 3.03. The van der Waals surface area contributed by atoms with Crippen molar-refractivity contribution >= 4 is 28.8 Å². The summed E-state index contributed by atoms with van der Waals surface area (Å²) in [6.45, 7) is 9.64. The zero-order valence-corrected chi connectivity index (χ0v) is 17.5. The molecule has 0 spiro atoms. The molecule has 1 fully saturated rings. The Balaban J connectivity index is 2.10. The number of ether oxygens (including phenoxy) is 1. The monoisotopic (exact) mass is 392 g/mol. The number of amides is 1. The van der Waals surface area contributed by atoms with Gasteiger partial charge in [0.25, 0.3) is 5.91 Å². The molecule has 1 aromatic carbocycles. The van der Waals surface area contributed by atoms with Gasteiger partial charge in [-0.25, -0.2) is 0 Å². The second-order valence-corrected chi connectivity index (χ2v) is 9.28. The van der Waals surface area contributed by atoms with Crippen molar-refractivity contribution in [2.24, 2.45) is 10.9 Å². The lowest BCUT2D eigenvalue weighted by atomic mass is 9.93. The number of aromatic nitrogens is 1. The maximum absolute atomic E-state index is 12.9. The number of nitrogens with zero attached hydrogens (tertiary/aromatic N) is 2. The zero-order valence-electron chi connectivity index (χ0n) is 15.9. The third-order valence-corrected chi connectivity index (χ3v) is 6.41. The van der Waals surface area contributed by atoms with Crippen molar-refractivity contribution in [3.8, 4) is 5.75 Å². The Morgan fingerprint density at radius 3 is 2.65 bits per heavy atom. The largest absolute Gasteiger partial charge is 0.496 e. The van der Waals surface area contributed by atoms with Gasteiger partial charge < -0.3 is 9.30 Å². The molecule has 4 nitrogen and oxygen atoms in total. The maximum atomic E-state index is 12.9. The molecule has 0 radical (unpaired) electrons. The van der Waals surface area contributed by atoms with Crippen LogP contribution in [0.25, 0.3) is 0 Å². The van der Waals surface area contributed by atoms with Crippen LogP contribution in [0.3, 0.4) is 0 Å². The fourth-order valence-corrected chi connectivity index (χ4v) is 4.40. The van der Waals surface area contributed by atoms with Crippen molar-refractivity contribution in [1.29, 1.82) is 0 Å². The van der Waals surface area contributed by atoms with E-state index >= 15 is 0 Å². The highest BCUT2D eigenvalue weighted by Gasteiger charge is 2.27. The molecule has 0 N–H and O–H groups in total. The van der Waals surface area contributed by atoms with Crippen molar-refractivity contribution in [1.82, 2.24) is 4.57 Å². The third kappa shape index (κ3) is 4.04. The minimum atomic E-state index is -0.324. The van der Waals surface area contributed by atoms with Crippen molar-refractivity contribution in [2.45, 2.75) is 52.5 Å². The molecule has 1 aromatic heterocycles. The lowest BCUT2D eigenvalue weighted by Crippen LogP contribution is -2.20. The molecule has 0 unspecified atom stereocenters. The number of carbonyl (C=O) groups is 1. The van der Waals surface area contributed by atoms with Gasteiger partial charge in [0.1, 0.15) is 5.75 Å². The number of hydrogen-bond donors (Lipinski definition) is 0. The molecule has 26 heavy (non-hydrogen) atoms. The van der Waals surface area contributed by atoms with Gasteiger partial charge in [-0.15, -0.1) is 11.3 Å². The van der Waals surface area contributed by atoms with E-state index in [0.29, 0.717) is 22.3 Å². The molecule has 140 valence electrons. The van der Waals surface area contributed by atoms with E-state index in [1.165, 1.54) is 23.4 Å². The smallest absolute Gasteiger partial charge is 0.283 e. The number of benzene rings is 1. The molecule has 0 bridgehead atoms. The average molecular weight is 393 g/mol. The van der Waals surface area contributed by atoms with E-state index in [2.05, 4.69) is 37.3 Å². The van der Waals surface area contributed by atoms with Gasteiger partial charge in [-0.3, -0.25) is 4.79 Å². The van der Waals surface area contributed by atoms with Crippen LogP contribution >= 0.6 is 22.9 Å². The van der Waals surface area contributed by atoms with E-state index in [0.717, 1.165) is 11.3 Å². The number of carbonyl (C=O) groups excluding carboxylic acids is 1. The molecule has 2 aromatic rings. The van der Waals surface area contributed by atoms with Gasteiger partial charge in [0.2, 0.25) is 0 Å². The standard InChI is InChI=1S/C20H25ClN2O2S/c1-12-17(20(2,3)4)26-19(23(12)11-13-6-7-13)22-18(24)15-10-14(21)8-9-16(15)25-5/h8-10,13H,6-7,11H2,1-5H3/b22-19-. The highest BCUT2D eigenvalue weighted by molar-refractivity contribution is 7.09. The van der Waals surface area contributed by atoms with Gasteiger partial charge in [-0.2, -0.15) is 4.99 Å². The van der Waals surface area contributed by atoms with E-state index in [1.54, 1.807) is 36.6 Å². The quantitative estimate of drug-likeness (QED) is 0.737. The lowest BCUT2D eigenvalue weighted by Gasteiger charge is -2.17. The highest BCUT2D eigenvalue weighted by Crippen LogP contribution is 2.33. The Morgan fingerprint density at radius 2 is 2.08 bits per heavy atom. The van der Waals surface area contributed by atoms with Crippen molar-refractivity contribution in [2.75, 3.05) is 7.11 Å². The molecule has 1 amide bonds. The van der Waals surface area contributed by atoms with Gasteiger partial charge in [-0.05, 0) is 49.3 Å². The molecule has 1 saturated carbocycles. The van der Waals surface area contributed by atoms with E-state index in [9.17, 15) is 4.79 Å². The summed E-state index contributed by atoms with van der Waals surface area (Å²) in [5.41, 5.74) is 1.62. The van der Waals surface area contributed by atoms with Crippen LogP contribution in [0, 0.1) is 12.8 Å². The Bertz CT molecular complexity index is 902. The first-order valence-electron chi connectivity index (χ1n) is 8.84. The van der Waals surface area contributed by atoms with Crippen molar-refractivity contribution in [3.63, 3.8) is 0 Å². The fraction of sp³-hybridized carbons (Fsp3) is 0.500. The first-order valence-corrected chi connectivity index (χ1v) is 10.0. The van der Waals surface area contributed by atoms with Gasteiger partial charge in [0.15, 0.2) is 4.80 Å². The van der Waals surface area contributed by atoms with E-state index in [4.69, 9.17) is 16.3 Å². The predicted molar refractivity (Wildman–Crippen MR) is 106 cm³/mol. The Labute approximate surface area is 163 Å². The first kappa shape index (κ1) is 19.2. The minimum absolute atomic E-state index is 0.0185. The number of rotatable bonds is 4. The summed E-state index contributed by atoms with van der Waals surface area (Å²) in [5.74, 6) is 0.864. The van der Waals surface area contributed by atoms with Crippen molar-refractivity contribution in [3.05, 3.63) is 44.2 Å². The molecule has 1 aliphatic carbocycles. The summed E-state index contributed by atoms with van der Waals surface area (Å²) in [6.07, 6.45) is 2.51. The molecule has 0 saturated heterocycles. The summed E-state index contributed by atoms with van der Waals surface area (Å²) in [4.78, 5) is 19.3. The molecule has 6 heteroatoms. The third-order valence-electron chi connectivity index (χ3n) is 4.57. The lowest BCUT2D eigenvalue weighted by molar-refractivity contribution is 0.0994. The van der Waals surface area contributed by atoms with E-state index in [1.807, 2.05) is 0 Å².